The summed E-state index contributed by atoms with van der Waals surface area (Å²) in [6.07, 6.45) is 6.12. The predicted octanol–water partition coefficient (Wildman–Crippen LogP) is 0.377. The highest BCUT2D eigenvalue weighted by Gasteiger charge is 2.20. The minimum Gasteiger partial charge on any atom is -0.328 e. The van der Waals surface area contributed by atoms with Gasteiger partial charge in [0, 0.05) is 20.1 Å². The van der Waals surface area contributed by atoms with Gasteiger partial charge in [-0.25, -0.2) is 4.79 Å². The summed E-state index contributed by atoms with van der Waals surface area (Å²) in [4.78, 5) is 14.7. The first kappa shape index (κ1) is 7.93. The van der Waals surface area contributed by atoms with Crippen molar-refractivity contribution in [3.63, 3.8) is 0 Å². The van der Waals surface area contributed by atoms with Crippen LogP contribution in [0.4, 0.5) is 4.79 Å². The Morgan fingerprint density at radius 1 is 1.64 bits per heavy atom. The van der Waals surface area contributed by atoms with Gasteiger partial charge in [0.05, 0.1) is 6.54 Å². The largest absolute Gasteiger partial charge is 0.328 e. The van der Waals surface area contributed by atoms with Crippen molar-refractivity contribution in [1.29, 1.82) is 0 Å². The molecule has 11 heavy (non-hydrogen) atoms. The van der Waals surface area contributed by atoms with Crippen molar-refractivity contribution in [2.75, 3.05) is 26.7 Å². The number of terminal acetylenes is 1. The van der Waals surface area contributed by atoms with Gasteiger partial charge in [0.2, 0.25) is 0 Å². The molecule has 1 heterocycles. The third-order valence-electron chi connectivity index (χ3n) is 1.80. The van der Waals surface area contributed by atoms with Crippen molar-refractivity contribution in [3.8, 4) is 12.3 Å². The van der Waals surface area contributed by atoms with Crippen LogP contribution < -0.4 is 0 Å². The van der Waals surface area contributed by atoms with E-state index in [2.05, 4.69) is 5.92 Å². The zero-order valence-electron chi connectivity index (χ0n) is 6.71. The Kier molecular flexibility index (Phi) is 2.37. The average Bonchev–Trinajstić information content (AvgIpc) is 1.99. The number of carbonyl (C=O) groups is 1. The van der Waals surface area contributed by atoms with E-state index in [0.717, 1.165) is 19.5 Å². The van der Waals surface area contributed by atoms with Gasteiger partial charge in [-0.15, -0.1) is 6.42 Å². The maximum atomic E-state index is 11.3. The molecule has 0 saturated carbocycles. The standard InChI is InChI=1S/C8H12N2O/c1-3-5-10-7-4-6-9(2)8(10)11/h1H,4-7H2,2H3. The molecule has 0 radical (unpaired) electrons. The fourth-order valence-electron chi connectivity index (χ4n) is 1.19. The summed E-state index contributed by atoms with van der Waals surface area (Å²) in [5.74, 6) is 2.47. The molecule has 2 amide bonds. The first-order valence-electron chi connectivity index (χ1n) is 3.69. The van der Waals surface area contributed by atoms with E-state index >= 15 is 0 Å². The van der Waals surface area contributed by atoms with Crippen molar-refractivity contribution in [2.45, 2.75) is 6.42 Å². The van der Waals surface area contributed by atoms with E-state index in [4.69, 9.17) is 6.42 Å². The SMILES string of the molecule is C#CCN1CCCN(C)C1=O. The lowest BCUT2D eigenvalue weighted by Gasteiger charge is -2.31. The van der Waals surface area contributed by atoms with E-state index in [1.54, 1.807) is 16.8 Å². The highest BCUT2D eigenvalue weighted by atomic mass is 16.2. The number of carbonyl (C=O) groups excluding carboxylic acids is 1. The second-order valence-corrected chi connectivity index (χ2v) is 2.68. The second-order valence-electron chi connectivity index (χ2n) is 2.68. The smallest absolute Gasteiger partial charge is 0.320 e. The summed E-state index contributed by atoms with van der Waals surface area (Å²) in [6.45, 7) is 2.08. The lowest BCUT2D eigenvalue weighted by molar-refractivity contribution is 0.148. The highest BCUT2D eigenvalue weighted by Crippen LogP contribution is 2.05. The zero-order valence-corrected chi connectivity index (χ0v) is 6.71. The van der Waals surface area contributed by atoms with Gasteiger partial charge in [0.1, 0.15) is 0 Å². The van der Waals surface area contributed by atoms with Crippen LogP contribution in [0.15, 0.2) is 0 Å². The Bertz CT molecular complexity index is 195. The van der Waals surface area contributed by atoms with Crippen LogP contribution >= 0.6 is 0 Å². The Labute approximate surface area is 67.0 Å². The van der Waals surface area contributed by atoms with E-state index in [1.165, 1.54) is 0 Å². The van der Waals surface area contributed by atoms with Crippen LogP contribution in [0.1, 0.15) is 6.42 Å². The molecule has 1 rings (SSSR count). The van der Waals surface area contributed by atoms with Gasteiger partial charge in [0.15, 0.2) is 0 Å². The van der Waals surface area contributed by atoms with Gasteiger partial charge in [-0.1, -0.05) is 5.92 Å². The van der Waals surface area contributed by atoms with E-state index in [0.29, 0.717) is 6.54 Å². The van der Waals surface area contributed by atoms with E-state index in [1.807, 2.05) is 0 Å². The van der Waals surface area contributed by atoms with Crippen molar-refractivity contribution in [3.05, 3.63) is 0 Å². The third kappa shape index (κ3) is 1.64. The molecule has 60 valence electrons. The molecule has 0 spiro atoms. The van der Waals surface area contributed by atoms with Crippen LogP contribution in [-0.4, -0.2) is 42.5 Å². The monoisotopic (exact) mass is 152 g/mol. The maximum Gasteiger partial charge on any atom is 0.320 e. The highest BCUT2D eigenvalue weighted by molar-refractivity contribution is 5.75. The normalized spacial score (nSPS) is 18.4. The van der Waals surface area contributed by atoms with Gasteiger partial charge in [-0.05, 0) is 6.42 Å². The van der Waals surface area contributed by atoms with Crippen LogP contribution in [0.25, 0.3) is 0 Å². The number of hydrogen-bond acceptors (Lipinski definition) is 1. The molecular formula is C8H12N2O. The number of amides is 2. The third-order valence-corrected chi connectivity index (χ3v) is 1.80. The van der Waals surface area contributed by atoms with Gasteiger partial charge in [-0.3, -0.25) is 0 Å². The van der Waals surface area contributed by atoms with Gasteiger partial charge in [0.25, 0.3) is 0 Å². The molecule has 1 fully saturated rings. The molecule has 0 bridgehead atoms. The van der Waals surface area contributed by atoms with Gasteiger partial charge in [-0.2, -0.15) is 0 Å². The summed E-state index contributed by atoms with van der Waals surface area (Å²) in [5, 5.41) is 0. The van der Waals surface area contributed by atoms with Gasteiger partial charge >= 0.3 is 6.03 Å². The molecule has 0 aliphatic carbocycles. The van der Waals surface area contributed by atoms with Crippen molar-refractivity contribution < 1.29 is 4.79 Å². The molecule has 3 heteroatoms. The summed E-state index contributed by atoms with van der Waals surface area (Å²) in [5.41, 5.74) is 0. The fraction of sp³-hybridized carbons (Fsp3) is 0.625. The topological polar surface area (TPSA) is 23.6 Å². The Balaban J connectivity index is 2.53. The lowest BCUT2D eigenvalue weighted by Crippen LogP contribution is -2.47. The molecule has 1 saturated heterocycles. The maximum absolute atomic E-state index is 11.3. The molecule has 1 aliphatic rings. The van der Waals surface area contributed by atoms with Crippen LogP contribution in [0.3, 0.4) is 0 Å². The number of nitrogens with zero attached hydrogens (tertiary/aromatic N) is 2. The minimum absolute atomic E-state index is 0.0502. The van der Waals surface area contributed by atoms with Crippen molar-refractivity contribution in [2.24, 2.45) is 0 Å². The molecular weight excluding hydrogens is 140 g/mol. The van der Waals surface area contributed by atoms with E-state index in [-0.39, 0.29) is 6.03 Å². The van der Waals surface area contributed by atoms with Crippen LogP contribution in [0.5, 0.6) is 0 Å². The quantitative estimate of drug-likeness (QED) is 0.498. The fourth-order valence-corrected chi connectivity index (χ4v) is 1.19. The molecule has 0 unspecified atom stereocenters. The number of rotatable bonds is 1. The summed E-state index contributed by atoms with van der Waals surface area (Å²) >= 11 is 0. The first-order chi connectivity index (χ1) is 5.25. The molecule has 0 aromatic rings. The molecule has 0 atom stereocenters. The minimum atomic E-state index is 0.0502. The van der Waals surface area contributed by atoms with E-state index < -0.39 is 0 Å². The van der Waals surface area contributed by atoms with Crippen LogP contribution in [0, 0.1) is 12.3 Å². The van der Waals surface area contributed by atoms with Crippen molar-refractivity contribution in [1.82, 2.24) is 9.80 Å². The molecule has 1 aliphatic heterocycles. The van der Waals surface area contributed by atoms with Crippen LogP contribution in [-0.2, 0) is 0 Å². The summed E-state index contributed by atoms with van der Waals surface area (Å²) in [6, 6.07) is 0.0502. The molecule has 0 N–H and O–H groups in total. The first-order valence-corrected chi connectivity index (χ1v) is 3.69. The molecule has 3 nitrogen and oxygen atoms in total. The number of urea groups is 1. The zero-order chi connectivity index (χ0) is 8.27. The Hall–Kier alpha value is -1.17. The molecule has 0 aromatic carbocycles. The van der Waals surface area contributed by atoms with Gasteiger partial charge < -0.3 is 9.80 Å². The summed E-state index contributed by atoms with van der Waals surface area (Å²) < 4.78 is 0. The van der Waals surface area contributed by atoms with Crippen molar-refractivity contribution >= 4 is 6.03 Å². The lowest BCUT2D eigenvalue weighted by atomic mass is 10.3. The number of hydrogen-bond donors (Lipinski definition) is 0. The Morgan fingerprint density at radius 3 is 3.00 bits per heavy atom. The predicted molar refractivity (Wildman–Crippen MR) is 43.0 cm³/mol. The van der Waals surface area contributed by atoms with Crippen LogP contribution in [0.2, 0.25) is 0 Å². The second kappa shape index (κ2) is 3.29. The molecule has 0 aromatic heterocycles. The summed E-state index contributed by atoms with van der Waals surface area (Å²) in [7, 11) is 1.80. The Morgan fingerprint density at radius 2 is 2.36 bits per heavy atom. The average molecular weight is 152 g/mol. The van der Waals surface area contributed by atoms with E-state index in [9.17, 15) is 4.79 Å².